The summed E-state index contributed by atoms with van der Waals surface area (Å²) in [6.45, 7) is 0.375. The van der Waals surface area contributed by atoms with Gasteiger partial charge >= 0.3 is 6.01 Å². The number of aromatic nitrogens is 4. The Bertz CT molecular complexity index is 891. The number of ether oxygens (including phenoxy) is 2. The first-order valence-corrected chi connectivity index (χ1v) is 8.38. The van der Waals surface area contributed by atoms with Gasteiger partial charge in [-0.15, -0.1) is 0 Å². The quantitative estimate of drug-likeness (QED) is 0.588. The van der Waals surface area contributed by atoms with Crippen LogP contribution in [0.25, 0.3) is 11.1 Å². The SMILES string of the molecule is NC(=O)c1ncc(-c2ccccc2)c(OCCOc2ncc(Br)cn2)n1. The van der Waals surface area contributed by atoms with Crippen molar-refractivity contribution in [1.29, 1.82) is 0 Å². The summed E-state index contributed by atoms with van der Waals surface area (Å²) in [6.07, 6.45) is 4.68. The highest BCUT2D eigenvalue weighted by Crippen LogP contribution is 2.27. The van der Waals surface area contributed by atoms with Gasteiger partial charge in [-0.1, -0.05) is 30.3 Å². The largest absolute Gasteiger partial charge is 0.474 e. The van der Waals surface area contributed by atoms with Crippen molar-refractivity contribution < 1.29 is 14.3 Å². The fourth-order valence-corrected chi connectivity index (χ4v) is 2.26. The van der Waals surface area contributed by atoms with E-state index >= 15 is 0 Å². The molecule has 0 aliphatic carbocycles. The Kier molecular flexibility index (Phi) is 5.69. The van der Waals surface area contributed by atoms with Crippen LogP contribution >= 0.6 is 15.9 Å². The van der Waals surface area contributed by atoms with E-state index in [1.54, 1.807) is 12.4 Å². The Hall–Kier alpha value is -3.07. The monoisotopic (exact) mass is 415 g/mol. The van der Waals surface area contributed by atoms with Crippen LogP contribution in [0, 0.1) is 0 Å². The molecule has 1 aromatic carbocycles. The zero-order valence-corrected chi connectivity index (χ0v) is 15.1. The molecule has 26 heavy (non-hydrogen) atoms. The van der Waals surface area contributed by atoms with E-state index in [4.69, 9.17) is 15.2 Å². The summed E-state index contributed by atoms with van der Waals surface area (Å²) in [6, 6.07) is 9.68. The van der Waals surface area contributed by atoms with Crippen LogP contribution in [0.2, 0.25) is 0 Å². The molecular formula is C17H14BrN5O3. The van der Waals surface area contributed by atoms with Gasteiger partial charge in [-0.05, 0) is 21.5 Å². The molecule has 1 amide bonds. The molecule has 9 heteroatoms. The average Bonchev–Trinajstić information content (AvgIpc) is 2.67. The molecule has 0 unspecified atom stereocenters. The Morgan fingerprint density at radius 3 is 2.38 bits per heavy atom. The molecule has 0 saturated carbocycles. The number of primary amides is 1. The number of carbonyl (C=O) groups excluding carboxylic acids is 1. The Balaban J connectivity index is 1.71. The van der Waals surface area contributed by atoms with Crippen molar-refractivity contribution in [2.24, 2.45) is 5.73 Å². The van der Waals surface area contributed by atoms with Crippen LogP contribution in [-0.2, 0) is 0 Å². The van der Waals surface area contributed by atoms with Crippen molar-refractivity contribution in [1.82, 2.24) is 19.9 Å². The van der Waals surface area contributed by atoms with Gasteiger partial charge in [-0.3, -0.25) is 4.79 Å². The molecule has 2 N–H and O–H groups in total. The standard InChI is InChI=1S/C17H14BrN5O3/c18-12-8-21-17(22-9-12)26-7-6-25-16-13(11-4-2-1-3-5-11)10-20-15(23-16)14(19)24/h1-5,8-10H,6-7H2,(H2,19,24). The number of rotatable bonds is 7. The van der Waals surface area contributed by atoms with Crippen LogP contribution in [-0.4, -0.2) is 39.1 Å². The Labute approximate surface area is 157 Å². The molecule has 8 nitrogen and oxygen atoms in total. The maximum absolute atomic E-state index is 11.3. The number of nitrogens with zero attached hydrogens (tertiary/aromatic N) is 4. The zero-order valence-electron chi connectivity index (χ0n) is 13.5. The first-order valence-electron chi connectivity index (χ1n) is 7.59. The third-order valence-corrected chi connectivity index (χ3v) is 3.62. The van der Waals surface area contributed by atoms with Gasteiger partial charge in [0.2, 0.25) is 11.7 Å². The van der Waals surface area contributed by atoms with Crippen LogP contribution in [0.1, 0.15) is 10.6 Å². The number of nitrogens with two attached hydrogens (primary N) is 1. The van der Waals surface area contributed by atoms with Crippen LogP contribution < -0.4 is 15.2 Å². The molecule has 3 rings (SSSR count). The average molecular weight is 416 g/mol. The van der Waals surface area contributed by atoms with E-state index in [1.165, 1.54) is 6.20 Å². The van der Waals surface area contributed by atoms with Crippen LogP contribution in [0.5, 0.6) is 11.9 Å². The van der Waals surface area contributed by atoms with Gasteiger partial charge in [-0.25, -0.2) is 15.0 Å². The van der Waals surface area contributed by atoms with E-state index in [-0.39, 0.29) is 30.9 Å². The van der Waals surface area contributed by atoms with Gasteiger partial charge in [-0.2, -0.15) is 4.98 Å². The van der Waals surface area contributed by atoms with Crippen molar-refractivity contribution >= 4 is 21.8 Å². The van der Waals surface area contributed by atoms with Crippen LogP contribution in [0.4, 0.5) is 0 Å². The summed E-state index contributed by atoms with van der Waals surface area (Å²) in [5, 5.41) is 0. The van der Waals surface area contributed by atoms with Crippen LogP contribution in [0.15, 0.2) is 53.4 Å². The summed E-state index contributed by atoms with van der Waals surface area (Å²) in [7, 11) is 0. The van der Waals surface area contributed by atoms with E-state index in [2.05, 4.69) is 35.9 Å². The molecule has 2 heterocycles. The van der Waals surface area contributed by atoms with E-state index in [9.17, 15) is 4.79 Å². The van der Waals surface area contributed by atoms with E-state index < -0.39 is 5.91 Å². The summed E-state index contributed by atoms with van der Waals surface area (Å²) in [5.74, 6) is -0.592. The van der Waals surface area contributed by atoms with Gasteiger partial charge < -0.3 is 15.2 Å². The number of carbonyl (C=O) groups is 1. The van der Waals surface area contributed by atoms with Gasteiger partial charge in [0.25, 0.3) is 5.91 Å². The molecule has 0 radical (unpaired) electrons. The maximum Gasteiger partial charge on any atom is 0.316 e. The second-order valence-electron chi connectivity index (χ2n) is 5.02. The van der Waals surface area contributed by atoms with Crippen molar-refractivity contribution in [2.45, 2.75) is 0 Å². The van der Waals surface area contributed by atoms with Gasteiger partial charge in [0.05, 0.1) is 10.0 Å². The van der Waals surface area contributed by atoms with Gasteiger partial charge in [0, 0.05) is 18.6 Å². The second kappa shape index (κ2) is 8.34. The minimum Gasteiger partial charge on any atom is -0.474 e. The molecule has 3 aromatic rings. The summed E-state index contributed by atoms with van der Waals surface area (Å²) < 4.78 is 11.8. The van der Waals surface area contributed by atoms with Crippen LogP contribution in [0.3, 0.4) is 0 Å². The molecule has 0 bridgehead atoms. The third-order valence-electron chi connectivity index (χ3n) is 3.21. The fraction of sp³-hybridized carbons (Fsp3) is 0.118. The Morgan fingerprint density at radius 1 is 1.00 bits per heavy atom. The number of hydrogen-bond acceptors (Lipinski definition) is 7. The molecule has 0 aliphatic rings. The predicted octanol–water partition coefficient (Wildman–Crippen LogP) is 2.25. The summed E-state index contributed by atoms with van der Waals surface area (Å²) in [4.78, 5) is 27.4. The highest BCUT2D eigenvalue weighted by molar-refractivity contribution is 9.10. The van der Waals surface area contributed by atoms with Crippen molar-refractivity contribution in [3.05, 3.63) is 59.2 Å². The first kappa shape index (κ1) is 17.7. The highest BCUT2D eigenvalue weighted by Gasteiger charge is 2.13. The van der Waals surface area contributed by atoms with Gasteiger partial charge in [0.15, 0.2) is 0 Å². The molecule has 0 spiro atoms. The van der Waals surface area contributed by atoms with Crippen molar-refractivity contribution in [3.8, 4) is 23.0 Å². The lowest BCUT2D eigenvalue weighted by Gasteiger charge is -2.11. The zero-order chi connectivity index (χ0) is 18.4. The topological polar surface area (TPSA) is 113 Å². The van der Waals surface area contributed by atoms with E-state index in [0.29, 0.717) is 5.56 Å². The lowest BCUT2D eigenvalue weighted by molar-refractivity contribution is 0.0989. The summed E-state index contributed by atoms with van der Waals surface area (Å²) in [5.41, 5.74) is 6.76. The first-order chi connectivity index (χ1) is 12.6. The molecule has 0 saturated heterocycles. The lowest BCUT2D eigenvalue weighted by Crippen LogP contribution is -2.17. The molecular weight excluding hydrogens is 402 g/mol. The van der Waals surface area contributed by atoms with Gasteiger partial charge in [0.1, 0.15) is 13.2 Å². The number of halogens is 1. The number of amides is 1. The molecule has 132 valence electrons. The third kappa shape index (κ3) is 4.51. The minimum absolute atomic E-state index is 0.114. The smallest absolute Gasteiger partial charge is 0.316 e. The Morgan fingerprint density at radius 2 is 1.69 bits per heavy atom. The fourth-order valence-electron chi connectivity index (χ4n) is 2.06. The van der Waals surface area contributed by atoms with Crippen molar-refractivity contribution in [2.75, 3.05) is 13.2 Å². The van der Waals surface area contributed by atoms with E-state index in [1.807, 2.05) is 30.3 Å². The van der Waals surface area contributed by atoms with E-state index in [0.717, 1.165) is 10.0 Å². The molecule has 0 aliphatic heterocycles. The summed E-state index contributed by atoms with van der Waals surface area (Å²) >= 11 is 3.25. The number of benzene rings is 1. The predicted molar refractivity (Wildman–Crippen MR) is 96.7 cm³/mol. The molecule has 0 fully saturated rings. The normalized spacial score (nSPS) is 10.3. The number of hydrogen-bond donors (Lipinski definition) is 1. The lowest BCUT2D eigenvalue weighted by atomic mass is 10.1. The van der Waals surface area contributed by atoms with Crippen molar-refractivity contribution in [3.63, 3.8) is 0 Å². The second-order valence-corrected chi connectivity index (χ2v) is 5.94. The maximum atomic E-state index is 11.3. The molecule has 0 atom stereocenters. The highest BCUT2D eigenvalue weighted by atomic mass is 79.9. The molecule has 2 aromatic heterocycles. The minimum atomic E-state index is -0.728.